The summed E-state index contributed by atoms with van der Waals surface area (Å²) in [5.74, 6) is -0.0687. The highest BCUT2D eigenvalue weighted by Gasteiger charge is 2.31. The van der Waals surface area contributed by atoms with Gasteiger partial charge < -0.3 is 20.1 Å². The number of ether oxygens (including phenoxy) is 1. The molecule has 0 bridgehead atoms. The highest BCUT2D eigenvalue weighted by Crippen LogP contribution is 2.27. The molecule has 1 heterocycles. The Morgan fingerprint density at radius 1 is 1.48 bits per heavy atom. The van der Waals surface area contributed by atoms with Gasteiger partial charge in [0.2, 0.25) is 0 Å². The van der Waals surface area contributed by atoms with E-state index >= 15 is 0 Å². The highest BCUT2D eigenvalue weighted by atomic mass is 16.6. The molecule has 126 valence electrons. The van der Waals surface area contributed by atoms with Crippen molar-refractivity contribution >= 4 is 17.3 Å². The molecule has 2 rings (SSSR count). The molecule has 1 saturated heterocycles. The molecule has 1 fully saturated rings. The van der Waals surface area contributed by atoms with Crippen molar-refractivity contribution in [1.82, 2.24) is 4.90 Å². The summed E-state index contributed by atoms with van der Waals surface area (Å²) in [7, 11) is 3.36. The van der Waals surface area contributed by atoms with Crippen LogP contribution in [0.15, 0.2) is 18.2 Å². The van der Waals surface area contributed by atoms with Gasteiger partial charge in [0.15, 0.2) is 0 Å². The number of carbonyl (C=O) groups is 1. The predicted molar refractivity (Wildman–Crippen MR) is 84.1 cm³/mol. The number of amides is 1. The quantitative estimate of drug-likeness (QED) is 0.601. The second-order valence-electron chi connectivity index (χ2n) is 5.70. The Hall–Kier alpha value is -2.19. The molecule has 1 aliphatic heterocycles. The molecule has 1 aromatic carbocycles. The summed E-state index contributed by atoms with van der Waals surface area (Å²) in [6.45, 7) is 0.180. The number of aliphatic hydroxyl groups is 1. The van der Waals surface area contributed by atoms with Crippen LogP contribution in [0.25, 0.3) is 0 Å². The molecule has 0 aliphatic carbocycles. The molecule has 0 saturated carbocycles. The van der Waals surface area contributed by atoms with E-state index < -0.39 is 11.0 Å². The fraction of sp³-hybridized carbons (Fsp3) is 0.533. The molecule has 2 N–H and O–H groups in total. The number of benzene rings is 1. The van der Waals surface area contributed by atoms with Crippen molar-refractivity contribution in [2.45, 2.75) is 31.7 Å². The fourth-order valence-electron chi connectivity index (χ4n) is 2.53. The van der Waals surface area contributed by atoms with E-state index in [9.17, 15) is 14.9 Å². The third kappa shape index (κ3) is 4.17. The van der Waals surface area contributed by atoms with E-state index in [1.807, 2.05) is 0 Å². The summed E-state index contributed by atoms with van der Waals surface area (Å²) >= 11 is 0. The SMILES string of the molecule is CN(C)C(=O)C1CCC(CNc2cc(CO)ccc2[N+](=O)[O-])O1. The summed E-state index contributed by atoms with van der Waals surface area (Å²) in [5, 5.41) is 23.2. The van der Waals surface area contributed by atoms with Crippen molar-refractivity contribution in [3.63, 3.8) is 0 Å². The van der Waals surface area contributed by atoms with E-state index in [1.165, 1.54) is 17.0 Å². The molecule has 2 unspecified atom stereocenters. The molecular weight excluding hydrogens is 302 g/mol. The Labute approximate surface area is 134 Å². The summed E-state index contributed by atoms with van der Waals surface area (Å²) in [6, 6.07) is 4.43. The third-order valence-electron chi connectivity index (χ3n) is 3.78. The first kappa shape index (κ1) is 17.2. The number of carbonyl (C=O) groups excluding carboxylic acids is 1. The van der Waals surface area contributed by atoms with Crippen molar-refractivity contribution in [2.24, 2.45) is 0 Å². The van der Waals surface area contributed by atoms with E-state index in [1.54, 1.807) is 20.2 Å². The van der Waals surface area contributed by atoms with Crippen molar-refractivity contribution in [3.05, 3.63) is 33.9 Å². The maximum atomic E-state index is 11.9. The van der Waals surface area contributed by atoms with Crippen LogP contribution in [0, 0.1) is 10.1 Å². The minimum atomic E-state index is -0.475. The van der Waals surface area contributed by atoms with Gasteiger partial charge in [-0.05, 0) is 30.5 Å². The summed E-state index contributed by atoms with van der Waals surface area (Å²) in [4.78, 5) is 23.9. The van der Waals surface area contributed by atoms with Gasteiger partial charge in [-0.2, -0.15) is 0 Å². The van der Waals surface area contributed by atoms with Gasteiger partial charge in [-0.25, -0.2) is 0 Å². The zero-order valence-electron chi connectivity index (χ0n) is 13.2. The number of nitro benzene ring substituents is 1. The van der Waals surface area contributed by atoms with Crippen molar-refractivity contribution < 1.29 is 19.6 Å². The minimum Gasteiger partial charge on any atom is -0.392 e. The Balaban J connectivity index is 1.99. The number of anilines is 1. The van der Waals surface area contributed by atoms with Crippen LogP contribution in [0.2, 0.25) is 0 Å². The molecule has 1 amide bonds. The van der Waals surface area contributed by atoms with Crippen LogP contribution in [-0.4, -0.2) is 53.7 Å². The molecule has 2 atom stereocenters. The van der Waals surface area contributed by atoms with Gasteiger partial charge in [0.1, 0.15) is 11.8 Å². The normalized spacial score (nSPS) is 20.3. The lowest BCUT2D eigenvalue weighted by Crippen LogP contribution is -2.34. The summed E-state index contributed by atoms with van der Waals surface area (Å²) in [6.07, 6.45) is 0.726. The number of hydrogen-bond donors (Lipinski definition) is 2. The maximum Gasteiger partial charge on any atom is 0.292 e. The van der Waals surface area contributed by atoms with Crippen molar-refractivity contribution in [3.8, 4) is 0 Å². The molecular formula is C15H21N3O5. The third-order valence-corrected chi connectivity index (χ3v) is 3.78. The van der Waals surface area contributed by atoms with Crippen LogP contribution >= 0.6 is 0 Å². The molecule has 23 heavy (non-hydrogen) atoms. The van der Waals surface area contributed by atoms with Crippen LogP contribution in [-0.2, 0) is 16.1 Å². The molecule has 1 aliphatic rings. The lowest BCUT2D eigenvalue weighted by molar-refractivity contribution is -0.384. The number of likely N-dealkylation sites (N-methyl/N-ethyl adjacent to an activating group) is 1. The standard InChI is InChI=1S/C15H21N3O5/c1-17(2)15(20)14-6-4-11(23-14)8-16-12-7-10(9-19)3-5-13(12)18(21)22/h3,5,7,11,14,16,19H,4,6,8-9H2,1-2H3. The van der Waals surface area contributed by atoms with Gasteiger partial charge in [0.25, 0.3) is 11.6 Å². The van der Waals surface area contributed by atoms with Gasteiger partial charge in [0, 0.05) is 26.7 Å². The predicted octanol–water partition coefficient (Wildman–Crippen LogP) is 1.13. The smallest absolute Gasteiger partial charge is 0.292 e. The molecule has 0 aromatic heterocycles. The van der Waals surface area contributed by atoms with Crippen LogP contribution in [0.1, 0.15) is 18.4 Å². The second kappa shape index (κ2) is 7.38. The molecule has 8 nitrogen and oxygen atoms in total. The van der Waals surface area contributed by atoms with Gasteiger partial charge in [-0.3, -0.25) is 14.9 Å². The van der Waals surface area contributed by atoms with E-state index in [0.29, 0.717) is 30.6 Å². The molecule has 8 heteroatoms. The van der Waals surface area contributed by atoms with E-state index in [0.717, 1.165) is 0 Å². The average Bonchev–Trinajstić information content (AvgIpc) is 3.00. The first-order chi connectivity index (χ1) is 10.9. The Kier molecular flexibility index (Phi) is 5.51. The highest BCUT2D eigenvalue weighted by molar-refractivity contribution is 5.80. The molecule has 0 radical (unpaired) electrons. The first-order valence-electron chi connectivity index (χ1n) is 7.41. The van der Waals surface area contributed by atoms with E-state index in [4.69, 9.17) is 9.84 Å². The van der Waals surface area contributed by atoms with Crippen molar-refractivity contribution in [2.75, 3.05) is 26.0 Å². The van der Waals surface area contributed by atoms with E-state index in [2.05, 4.69) is 5.32 Å². The van der Waals surface area contributed by atoms with Crippen molar-refractivity contribution in [1.29, 1.82) is 0 Å². The Morgan fingerprint density at radius 3 is 2.83 bits per heavy atom. The minimum absolute atomic E-state index is 0.0545. The number of nitro groups is 1. The van der Waals surface area contributed by atoms with Gasteiger partial charge in [-0.1, -0.05) is 0 Å². The first-order valence-corrected chi connectivity index (χ1v) is 7.41. The van der Waals surface area contributed by atoms with E-state index in [-0.39, 0.29) is 24.3 Å². The lowest BCUT2D eigenvalue weighted by atomic mass is 10.1. The summed E-state index contributed by atoms with van der Waals surface area (Å²) in [5.41, 5.74) is 0.875. The van der Waals surface area contributed by atoms with Crippen LogP contribution in [0.5, 0.6) is 0 Å². The monoisotopic (exact) mass is 323 g/mol. The van der Waals surface area contributed by atoms with Crippen LogP contribution in [0.4, 0.5) is 11.4 Å². The molecule has 0 spiro atoms. The number of aliphatic hydroxyl groups excluding tert-OH is 1. The zero-order valence-corrected chi connectivity index (χ0v) is 13.2. The Morgan fingerprint density at radius 2 is 2.22 bits per heavy atom. The number of nitrogens with one attached hydrogen (secondary N) is 1. The van der Waals surface area contributed by atoms with Gasteiger partial charge >= 0.3 is 0 Å². The fourth-order valence-corrected chi connectivity index (χ4v) is 2.53. The Bertz CT molecular complexity index is 590. The lowest BCUT2D eigenvalue weighted by Gasteiger charge is -2.18. The largest absolute Gasteiger partial charge is 0.392 e. The topological polar surface area (TPSA) is 105 Å². The van der Waals surface area contributed by atoms with Gasteiger partial charge in [-0.15, -0.1) is 0 Å². The number of nitrogens with zero attached hydrogens (tertiary/aromatic N) is 2. The van der Waals surface area contributed by atoms with Gasteiger partial charge in [0.05, 0.1) is 17.6 Å². The molecule has 1 aromatic rings. The average molecular weight is 323 g/mol. The maximum absolute atomic E-state index is 11.9. The summed E-state index contributed by atoms with van der Waals surface area (Å²) < 4.78 is 5.69. The van der Waals surface area contributed by atoms with Crippen LogP contribution in [0.3, 0.4) is 0 Å². The second-order valence-corrected chi connectivity index (χ2v) is 5.70. The number of rotatable bonds is 6. The van der Waals surface area contributed by atoms with Crippen LogP contribution < -0.4 is 5.32 Å². The number of hydrogen-bond acceptors (Lipinski definition) is 6. The zero-order chi connectivity index (χ0) is 17.0.